The van der Waals surface area contributed by atoms with Gasteiger partial charge in [0.25, 0.3) is 0 Å². The highest BCUT2D eigenvalue weighted by molar-refractivity contribution is 7.63. The molecule has 0 aliphatic carbocycles. The number of aliphatic carboxylic acids is 1. The van der Waals surface area contributed by atoms with E-state index in [1.165, 1.54) is 6.08 Å². The second kappa shape index (κ2) is 12.2. The van der Waals surface area contributed by atoms with E-state index in [2.05, 4.69) is 0 Å². The summed E-state index contributed by atoms with van der Waals surface area (Å²) in [6.07, 6.45) is 1.56. The average Bonchev–Trinajstić information content (AvgIpc) is 2.84. The molecule has 0 fully saturated rings. The molecule has 0 spiro atoms. The molecule has 0 radical (unpaired) electrons. The maximum absolute atomic E-state index is 13.4. The van der Waals surface area contributed by atoms with Gasteiger partial charge in [-0.05, 0) is 47.5 Å². The van der Waals surface area contributed by atoms with Crippen molar-refractivity contribution in [3.63, 3.8) is 0 Å². The zero-order valence-electron chi connectivity index (χ0n) is 20.4. The van der Waals surface area contributed by atoms with E-state index in [-0.39, 0.29) is 23.9 Å². The predicted octanol–water partition coefficient (Wildman–Crippen LogP) is 6.59. The highest BCUT2D eigenvalue weighted by Crippen LogP contribution is 2.50. The minimum absolute atomic E-state index is 0.0375. The molecule has 3 rings (SSSR count). The summed E-state index contributed by atoms with van der Waals surface area (Å²) in [5, 5.41) is 10.4. The van der Waals surface area contributed by atoms with Gasteiger partial charge in [-0.2, -0.15) is 0 Å². The van der Waals surface area contributed by atoms with Crippen LogP contribution in [0.3, 0.4) is 0 Å². The summed E-state index contributed by atoms with van der Waals surface area (Å²) in [5.41, 5.74) is 9.80. The van der Waals surface area contributed by atoms with Gasteiger partial charge in [0.1, 0.15) is 0 Å². The van der Waals surface area contributed by atoms with Gasteiger partial charge in [-0.1, -0.05) is 85.3 Å². The van der Waals surface area contributed by atoms with Crippen LogP contribution in [-0.4, -0.2) is 35.3 Å². The molecular formula is C29H31ClNO4P. The topological polar surface area (TPSA) is 97.5 Å². The highest BCUT2D eigenvalue weighted by atomic mass is 35.5. The molecule has 2 unspecified atom stereocenters. The molecule has 0 saturated carbocycles. The number of carboxylic acid groups (broad SMARTS) is 1. The Morgan fingerprint density at radius 3 is 2.28 bits per heavy atom. The number of ketones is 1. The lowest BCUT2D eigenvalue weighted by Gasteiger charge is -2.24. The van der Waals surface area contributed by atoms with E-state index in [4.69, 9.17) is 17.3 Å². The number of rotatable bonds is 11. The zero-order valence-corrected chi connectivity index (χ0v) is 22.1. The first kappa shape index (κ1) is 27.4. The van der Waals surface area contributed by atoms with Crippen molar-refractivity contribution in [2.24, 2.45) is 11.7 Å². The number of benzene rings is 3. The van der Waals surface area contributed by atoms with Crippen LogP contribution in [0.1, 0.15) is 24.5 Å². The molecule has 0 heterocycles. The number of allylic oxidation sites excluding steroid dienone is 1. The maximum Gasteiger partial charge on any atom is 0.307 e. The quantitative estimate of drug-likeness (QED) is 0.218. The molecule has 0 saturated heterocycles. The van der Waals surface area contributed by atoms with Gasteiger partial charge in [0.05, 0.1) is 13.1 Å². The van der Waals surface area contributed by atoms with Crippen molar-refractivity contribution in [3.8, 4) is 11.1 Å². The third-order valence-electron chi connectivity index (χ3n) is 6.38. The SMILES string of the molecule is C[C@@H](Cc1ccccc1)P(C)(=O)CC(CC(=O)C=C(N)c1ccc(-c2cccc(Cl)c2)cc1)C(=O)O. The highest BCUT2D eigenvalue weighted by Gasteiger charge is 2.32. The monoisotopic (exact) mass is 523 g/mol. The Kier molecular flexibility index (Phi) is 9.31. The normalized spacial score (nSPS) is 15.0. The third kappa shape index (κ3) is 7.68. The summed E-state index contributed by atoms with van der Waals surface area (Å²) in [4.78, 5) is 24.6. The fourth-order valence-corrected chi connectivity index (χ4v) is 6.39. The molecule has 188 valence electrons. The van der Waals surface area contributed by atoms with Crippen molar-refractivity contribution in [3.05, 3.63) is 101 Å². The van der Waals surface area contributed by atoms with Crippen LogP contribution in [0.2, 0.25) is 5.02 Å². The molecule has 7 heteroatoms. The fraction of sp³-hybridized carbons (Fsp3) is 0.241. The van der Waals surface area contributed by atoms with Crippen molar-refractivity contribution in [2.45, 2.75) is 25.4 Å². The second-order valence-electron chi connectivity index (χ2n) is 9.29. The molecule has 5 nitrogen and oxygen atoms in total. The number of carboxylic acids is 1. The lowest BCUT2D eigenvalue weighted by Crippen LogP contribution is -2.24. The lowest BCUT2D eigenvalue weighted by atomic mass is 10.0. The van der Waals surface area contributed by atoms with Gasteiger partial charge in [-0.15, -0.1) is 0 Å². The molecule has 36 heavy (non-hydrogen) atoms. The third-order valence-corrected chi connectivity index (χ3v) is 9.83. The molecule has 0 aromatic heterocycles. The van der Waals surface area contributed by atoms with Gasteiger partial charge < -0.3 is 15.4 Å². The van der Waals surface area contributed by atoms with Crippen LogP contribution in [0, 0.1) is 5.92 Å². The first-order valence-electron chi connectivity index (χ1n) is 11.7. The molecule has 3 atom stereocenters. The molecule has 0 aliphatic heterocycles. The summed E-state index contributed by atoms with van der Waals surface area (Å²) >= 11 is 6.07. The predicted molar refractivity (Wildman–Crippen MR) is 148 cm³/mol. The van der Waals surface area contributed by atoms with Crippen LogP contribution < -0.4 is 5.73 Å². The molecule has 0 bridgehead atoms. The fourth-order valence-electron chi connectivity index (χ4n) is 4.08. The standard InChI is InChI=1S/C29H31ClNO4P/c1-20(15-21-7-4-3-5-8-21)36(2,35)19-25(29(33)34)17-27(32)18-28(31)23-13-11-22(12-14-23)24-9-6-10-26(30)16-24/h3-14,16,18,20,25H,15,17,19,31H2,1-2H3,(H,33,34)/t20-,25?,36?/m0/s1. The summed E-state index contributed by atoms with van der Waals surface area (Å²) in [6.45, 7) is 3.51. The van der Waals surface area contributed by atoms with E-state index in [1.807, 2.05) is 67.6 Å². The van der Waals surface area contributed by atoms with Crippen LogP contribution in [0.4, 0.5) is 0 Å². The summed E-state index contributed by atoms with van der Waals surface area (Å²) in [5.74, 6) is -2.58. The van der Waals surface area contributed by atoms with Gasteiger partial charge in [-0.3, -0.25) is 9.59 Å². The Hall–Kier alpha value is -3.14. The molecule has 3 aromatic carbocycles. The van der Waals surface area contributed by atoms with Gasteiger partial charge in [0.15, 0.2) is 5.78 Å². The summed E-state index contributed by atoms with van der Waals surface area (Å²) in [7, 11) is -2.84. The van der Waals surface area contributed by atoms with E-state index in [0.717, 1.165) is 16.7 Å². The van der Waals surface area contributed by atoms with Crippen molar-refractivity contribution < 1.29 is 19.3 Å². The molecule has 0 amide bonds. The van der Waals surface area contributed by atoms with Crippen molar-refractivity contribution in [2.75, 3.05) is 12.8 Å². The largest absolute Gasteiger partial charge is 0.481 e. The van der Waals surface area contributed by atoms with Crippen molar-refractivity contribution in [1.29, 1.82) is 0 Å². The number of nitrogens with two attached hydrogens (primary N) is 1. The van der Waals surface area contributed by atoms with E-state index in [0.29, 0.717) is 17.0 Å². The number of carbonyl (C=O) groups excluding carboxylic acids is 1. The van der Waals surface area contributed by atoms with Gasteiger partial charge >= 0.3 is 5.97 Å². The van der Waals surface area contributed by atoms with Crippen LogP contribution in [0.15, 0.2) is 84.9 Å². The average molecular weight is 524 g/mol. The Morgan fingerprint density at radius 2 is 1.67 bits per heavy atom. The summed E-state index contributed by atoms with van der Waals surface area (Å²) in [6, 6.07) is 24.5. The molecule has 3 aromatic rings. The van der Waals surface area contributed by atoms with Crippen molar-refractivity contribution >= 4 is 36.2 Å². The minimum Gasteiger partial charge on any atom is -0.481 e. The molecule has 0 aliphatic rings. The van der Waals surface area contributed by atoms with E-state index >= 15 is 0 Å². The number of hydrogen-bond acceptors (Lipinski definition) is 4. The number of halogens is 1. The maximum atomic E-state index is 13.4. The minimum atomic E-state index is -2.84. The van der Waals surface area contributed by atoms with Crippen LogP contribution in [0.25, 0.3) is 16.8 Å². The van der Waals surface area contributed by atoms with Crippen molar-refractivity contribution in [1.82, 2.24) is 0 Å². The summed E-state index contributed by atoms with van der Waals surface area (Å²) < 4.78 is 13.4. The Bertz CT molecular complexity index is 1290. The zero-order chi connectivity index (χ0) is 26.3. The Morgan fingerprint density at radius 1 is 1.00 bits per heavy atom. The van der Waals surface area contributed by atoms with Crippen LogP contribution in [0.5, 0.6) is 0 Å². The Labute approximate surface area is 217 Å². The van der Waals surface area contributed by atoms with E-state index in [1.54, 1.807) is 24.9 Å². The van der Waals surface area contributed by atoms with Gasteiger partial charge in [0.2, 0.25) is 0 Å². The molecule has 3 N–H and O–H groups in total. The molecular weight excluding hydrogens is 493 g/mol. The van der Waals surface area contributed by atoms with Gasteiger partial charge in [-0.25, -0.2) is 0 Å². The number of carbonyl (C=O) groups is 2. The van der Waals surface area contributed by atoms with E-state index < -0.39 is 24.8 Å². The van der Waals surface area contributed by atoms with Crippen LogP contribution >= 0.6 is 18.7 Å². The Balaban J connectivity index is 1.66. The second-order valence-corrected chi connectivity index (χ2v) is 13.3. The number of hydrogen-bond donors (Lipinski definition) is 2. The first-order chi connectivity index (χ1) is 17.0. The first-order valence-corrected chi connectivity index (χ1v) is 14.5. The van der Waals surface area contributed by atoms with E-state index in [9.17, 15) is 19.3 Å². The smallest absolute Gasteiger partial charge is 0.307 e. The lowest BCUT2D eigenvalue weighted by molar-refractivity contribution is -0.142. The van der Waals surface area contributed by atoms with Crippen LogP contribution in [-0.2, 0) is 20.6 Å². The van der Waals surface area contributed by atoms with Gasteiger partial charge in [0, 0.05) is 35.0 Å².